The first-order chi connectivity index (χ1) is 13.2. The van der Waals surface area contributed by atoms with Crippen molar-refractivity contribution in [1.82, 2.24) is 0 Å². The lowest BCUT2D eigenvalue weighted by molar-refractivity contribution is 0.192. The number of ether oxygens (including phenoxy) is 2. The molecule has 2 nitrogen and oxygen atoms in total. The van der Waals surface area contributed by atoms with E-state index in [4.69, 9.17) is 9.47 Å². The van der Waals surface area contributed by atoms with Crippen molar-refractivity contribution in [3.05, 3.63) is 59.4 Å². The van der Waals surface area contributed by atoms with Crippen LogP contribution in [0.15, 0.2) is 42.5 Å². The van der Waals surface area contributed by atoms with Gasteiger partial charge in [-0.3, -0.25) is 0 Å². The summed E-state index contributed by atoms with van der Waals surface area (Å²) in [6, 6.07) is 13.6. The number of halogens is 1. The van der Waals surface area contributed by atoms with E-state index in [9.17, 15) is 4.39 Å². The molecule has 2 atom stereocenters. The molecule has 2 aromatic carbocycles. The number of hydrogen-bond acceptors (Lipinski definition) is 2. The van der Waals surface area contributed by atoms with Gasteiger partial charge in [-0.1, -0.05) is 50.5 Å². The monoisotopic (exact) mass is 370 g/mol. The predicted octanol–water partition coefficient (Wildman–Crippen LogP) is 6.87. The fourth-order valence-electron chi connectivity index (χ4n) is 3.77. The minimum Gasteiger partial charge on any atom is -0.494 e. The molecule has 0 amide bonds. The Labute approximate surface area is 162 Å². The molecule has 2 aromatic rings. The Morgan fingerprint density at radius 3 is 2.59 bits per heavy atom. The summed E-state index contributed by atoms with van der Waals surface area (Å²) in [6.07, 6.45) is 7.66. The number of hydrogen-bond donors (Lipinski definition) is 0. The van der Waals surface area contributed by atoms with Crippen molar-refractivity contribution in [3.63, 3.8) is 0 Å². The third kappa shape index (κ3) is 5.24. The van der Waals surface area contributed by atoms with Gasteiger partial charge in [0.15, 0.2) is 11.6 Å². The third-order valence-corrected chi connectivity index (χ3v) is 5.34. The molecular formula is C24H31FO2. The van der Waals surface area contributed by atoms with Gasteiger partial charge >= 0.3 is 0 Å². The average Bonchev–Trinajstić information content (AvgIpc) is 2.68. The van der Waals surface area contributed by atoms with Gasteiger partial charge in [0.1, 0.15) is 5.75 Å². The van der Waals surface area contributed by atoms with Gasteiger partial charge in [0.05, 0.1) is 12.7 Å². The molecule has 0 fully saturated rings. The standard InChI is InChI=1S/C24H31FO2/c1-3-4-17-26-20-15-13-19(14-16-20)21-10-7-5-6-9-18(2)27-24-22(21)11-8-12-23(24)25/h8,11-16,18,21H,3-7,9-10,17H2,1-2H3. The molecule has 0 saturated heterocycles. The molecule has 0 aliphatic carbocycles. The molecule has 3 heteroatoms. The van der Waals surface area contributed by atoms with Gasteiger partial charge in [-0.15, -0.1) is 0 Å². The summed E-state index contributed by atoms with van der Waals surface area (Å²) in [5.41, 5.74) is 2.16. The highest BCUT2D eigenvalue weighted by atomic mass is 19.1. The molecule has 0 bridgehead atoms. The van der Waals surface area contributed by atoms with Crippen LogP contribution in [0.1, 0.15) is 75.8 Å². The fraction of sp³-hybridized carbons (Fsp3) is 0.500. The second-order valence-electron chi connectivity index (χ2n) is 7.55. The number of unbranched alkanes of at least 4 members (excludes halogenated alkanes) is 1. The average molecular weight is 371 g/mol. The summed E-state index contributed by atoms with van der Waals surface area (Å²) in [4.78, 5) is 0. The summed E-state index contributed by atoms with van der Waals surface area (Å²) < 4.78 is 26.4. The quantitative estimate of drug-likeness (QED) is 0.535. The van der Waals surface area contributed by atoms with Crippen LogP contribution in [0.5, 0.6) is 11.5 Å². The van der Waals surface area contributed by atoms with Gasteiger partial charge in [-0.25, -0.2) is 4.39 Å². The van der Waals surface area contributed by atoms with Crippen molar-refractivity contribution >= 4 is 0 Å². The van der Waals surface area contributed by atoms with Crippen LogP contribution in [0, 0.1) is 5.82 Å². The van der Waals surface area contributed by atoms with E-state index in [1.54, 1.807) is 6.07 Å². The van der Waals surface area contributed by atoms with Gasteiger partial charge in [0.2, 0.25) is 0 Å². The molecule has 146 valence electrons. The number of fused-ring (bicyclic) bond motifs is 1. The maximum atomic E-state index is 14.6. The number of benzene rings is 2. The molecule has 27 heavy (non-hydrogen) atoms. The highest BCUT2D eigenvalue weighted by molar-refractivity contribution is 5.44. The van der Waals surface area contributed by atoms with E-state index in [-0.39, 0.29) is 17.8 Å². The Balaban J connectivity index is 1.88. The largest absolute Gasteiger partial charge is 0.494 e. The number of para-hydroxylation sites is 1. The molecule has 1 aliphatic heterocycles. The Bertz CT molecular complexity index is 711. The van der Waals surface area contributed by atoms with Crippen molar-refractivity contribution in [2.45, 2.75) is 70.8 Å². The first kappa shape index (κ1) is 19.7. The molecule has 0 radical (unpaired) electrons. The predicted molar refractivity (Wildman–Crippen MR) is 108 cm³/mol. The smallest absolute Gasteiger partial charge is 0.165 e. The zero-order valence-corrected chi connectivity index (χ0v) is 16.5. The molecule has 3 rings (SSSR count). The summed E-state index contributed by atoms with van der Waals surface area (Å²) in [5, 5.41) is 0. The van der Waals surface area contributed by atoms with E-state index >= 15 is 0 Å². The minimum atomic E-state index is -0.260. The molecule has 0 saturated carbocycles. The van der Waals surface area contributed by atoms with Crippen molar-refractivity contribution in [3.8, 4) is 11.5 Å². The van der Waals surface area contributed by atoms with Gasteiger partial charge in [-0.05, 0) is 56.4 Å². The van der Waals surface area contributed by atoms with E-state index in [0.717, 1.165) is 56.4 Å². The SMILES string of the molecule is CCCCOc1ccc(C2CCCCCC(C)Oc3c(F)cccc32)cc1. The van der Waals surface area contributed by atoms with E-state index in [0.29, 0.717) is 5.75 Å². The highest BCUT2D eigenvalue weighted by Crippen LogP contribution is 2.39. The highest BCUT2D eigenvalue weighted by Gasteiger charge is 2.23. The molecule has 1 heterocycles. The van der Waals surface area contributed by atoms with E-state index in [1.807, 2.05) is 25.1 Å². The summed E-state index contributed by atoms with van der Waals surface area (Å²) >= 11 is 0. The van der Waals surface area contributed by atoms with Crippen molar-refractivity contribution in [2.24, 2.45) is 0 Å². The van der Waals surface area contributed by atoms with Crippen molar-refractivity contribution in [1.29, 1.82) is 0 Å². The van der Waals surface area contributed by atoms with Crippen LogP contribution in [-0.4, -0.2) is 12.7 Å². The van der Waals surface area contributed by atoms with Crippen LogP contribution in [0.2, 0.25) is 0 Å². The Morgan fingerprint density at radius 2 is 1.81 bits per heavy atom. The lowest BCUT2D eigenvalue weighted by Gasteiger charge is -2.25. The summed E-state index contributed by atoms with van der Waals surface area (Å²) in [7, 11) is 0. The van der Waals surface area contributed by atoms with Crippen LogP contribution < -0.4 is 9.47 Å². The van der Waals surface area contributed by atoms with Gasteiger partial charge in [0.25, 0.3) is 0 Å². The van der Waals surface area contributed by atoms with E-state index in [2.05, 4.69) is 19.1 Å². The zero-order valence-electron chi connectivity index (χ0n) is 16.5. The lowest BCUT2D eigenvalue weighted by Crippen LogP contribution is -2.16. The van der Waals surface area contributed by atoms with E-state index < -0.39 is 0 Å². The fourth-order valence-corrected chi connectivity index (χ4v) is 3.77. The molecule has 0 aromatic heterocycles. The Hall–Kier alpha value is -2.03. The zero-order chi connectivity index (χ0) is 19.1. The summed E-state index contributed by atoms with van der Waals surface area (Å²) in [6.45, 7) is 4.94. The second kappa shape index (κ2) is 9.77. The van der Waals surface area contributed by atoms with Crippen LogP contribution in [0.4, 0.5) is 4.39 Å². The maximum Gasteiger partial charge on any atom is 0.165 e. The van der Waals surface area contributed by atoms with Gasteiger partial charge < -0.3 is 9.47 Å². The normalized spacial score (nSPS) is 20.4. The maximum absolute atomic E-state index is 14.6. The molecule has 0 spiro atoms. The number of rotatable bonds is 5. The van der Waals surface area contributed by atoms with Crippen LogP contribution in [-0.2, 0) is 0 Å². The second-order valence-corrected chi connectivity index (χ2v) is 7.55. The molecule has 2 unspecified atom stereocenters. The lowest BCUT2D eigenvalue weighted by atomic mass is 9.85. The molecular weight excluding hydrogens is 339 g/mol. The van der Waals surface area contributed by atoms with E-state index in [1.165, 1.54) is 18.1 Å². The first-order valence-corrected chi connectivity index (χ1v) is 10.4. The van der Waals surface area contributed by atoms with Crippen LogP contribution >= 0.6 is 0 Å². The van der Waals surface area contributed by atoms with Gasteiger partial charge in [-0.2, -0.15) is 0 Å². The van der Waals surface area contributed by atoms with Crippen molar-refractivity contribution < 1.29 is 13.9 Å². The van der Waals surface area contributed by atoms with Crippen LogP contribution in [0.25, 0.3) is 0 Å². The Kier molecular flexibility index (Phi) is 7.14. The van der Waals surface area contributed by atoms with Crippen molar-refractivity contribution in [2.75, 3.05) is 6.61 Å². The Morgan fingerprint density at radius 1 is 1.04 bits per heavy atom. The van der Waals surface area contributed by atoms with Gasteiger partial charge in [0, 0.05) is 11.5 Å². The third-order valence-electron chi connectivity index (χ3n) is 5.34. The molecule has 1 aliphatic rings. The topological polar surface area (TPSA) is 18.5 Å². The minimum absolute atomic E-state index is 0.0359. The summed E-state index contributed by atoms with van der Waals surface area (Å²) in [5.74, 6) is 1.21. The molecule has 0 N–H and O–H groups in total. The first-order valence-electron chi connectivity index (χ1n) is 10.4. The van der Waals surface area contributed by atoms with Crippen LogP contribution in [0.3, 0.4) is 0 Å².